The summed E-state index contributed by atoms with van der Waals surface area (Å²) in [7, 11) is 0. The average Bonchev–Trinajstić information content (AvgIpc) is 2.26. The van der Waals surface area contributed by atoms with E-state index in [1.165, 1.54) is 0 Å². The van der Waals surface area contributed by atoms with Crippen LogP contribution < -0.4 is 5.32 Å². The molecule has 1 rings (SSSR count). The van der Waals surface area contributed by atoms with Crippen LogP contribution in [0.5, 0.6) is 0 Å². The molecule has 0 bridgehead atoms. The zero-order valence-corrected chi connectivity index (χ0v) is 11.4. The van der Waals surface area contributed by atoms with E-state index < -0.39 is 12.1 Å². The van der Waals surface area contributed by atoms with Crippen molar-refractivity contribution < 1.29 is 17.9 Å². The van der Waals surface area contributed by atoms with E-state index in [0.29, 0.717) is 26.0 Å². The average molecular weight is 267 g/mol. The Balaban J connectivity index is 2.28. The molecule has 1 aliphatic carbocycles. The standard InChI is InChI=1S/C13H24F3NO/c1-4-18-12(2,3)9-17-11-7-5-10(6-8-11)13(14,15)16/h10-11,17H,4-9H2,1-3H3. The van der Waals surface area contributed by atoms with Gasteiger partial charge in [0.05, 0.1) is 11.5 Å². The maximum atomic E-state index is 12.5. The summed E-state index contributed by atoms with van der Waals surface area (Å²) >= 11 is 0. The van der Waals surface area contributed by atoms with Crippen molar-refractivity contribution in [2.75, 3.05) is 13.2 Å². The summed E-state index contributed by atoms with van der Waals surface area (Å²) in [5.41, 5.74) is -0.254. The van der Waals surface area contributed by atoms with Crippen LogP contribution in [0.1, 0.15) is 46.5 Å². The molecule has 108 valence electrons. The second-order valence-electron chi connectivity index (χ2n) is 5.66. The molecule has 0 amide bonds. The summed E-state index contributed by atoms with van der Waals surface area (Å²) in [5.74, 6) is -1.10. The van der Waals surface area contributed by atoms with Gasteiger partial charge in [-0.3, -0.25) is 0 Å². The number of hydrogen-bond donors (Lipinski definition) is 1. The maximum Gasteiger partial charge on any atom is 0.391 e. The van der Waals surface area contributed by atoms with Crippen molar-refractivity contribution in [1.82, 2.24) is 5.32 Å². The summed E-state index contributed by atoms with van der Waals surface area (Å²) in [6.07, 6.45) is -2.32. The van der Waals surface area contributed by atoms with Crippen LogP contribution in [0, 0.1) is 5.92 Å². The van der Waals surface area contributed by atoms with Gasteiger partial charge in [-0.05, 0) is 46.5 Å². The zero-order chi connectivity index (χ0) is 13.8. The number of nitrogens with one attached hydrogen (secondary N) is 1. The van der Waals surface area contributed by atoms with E-state index in [2.05, 4.69) is 5.32 Å². The van der Waals surface area contributed by atoms with Gasteiger partial charge in [0.1, 0.15) is 0 Å². The summed E-state index contributed by atoms with van der Waals surface area (Å²) < 4.78 is 43.1. The third-order valence-corrected chi connectivity index (χ3v) is 3.54. The fraction of sp³-hybridized carbons (Fsp3) is 1.00. The molecule has 0 radical (unpaired) electrons. The fourth-order valence-electron chi connectivity index (χ4n) is 2.46. The summed E-state index contributed by atoms with van der Waals surface area (Å²) in [4.78, 5) is 0. The minimum Gasteiger partial charge on any atom is -0.375 e. The van der Waals surface area contributed by atoms with E-state index in [-0.39, 0.29) is 24.5 Å². The van der Waals surface area contributed by atoms with Crippen molar-refractivity contribution >= 4 is 0 Å². The normalized spacial score (nSPS) is 26.3. The third-order valence-electron chi connectivity index (χ3n) is 3.54. The van der Waals surface area contributed by atoms with Gasteiger partial charge in [-0.15, -0.1) is 0 Å². The number of alkyl halides is 3. The molecule has 0 saturated heterocycles. The molecule has 0 aromatic heterocycles. The molecule has 0 atom stereocenters. The van der Waals surface area contributed by atoms with E-state index in [1.807, 2.05) is 20.8 Å². The van der Waals surface area contributed by atoms with Gasteiger partial charge in [-0.2, -0.15) is 13.2 Å². The van der Waals surface area contributed by atoms with E-state index in [4.69, 9.17) is 4.74 Å². The van der Waals surface area contributed by atoms with Gasteiger partial charge in [-0.1, -0.05) is 0 Å². The number of rotatable bonds is 5. The minimum absolute atomic E-state index is 0.198. The molecule has 1 saturated carbocycles. The van der Waals surface area contributed by atoms with E-state index in [9.17, 15) is 13.2 Å². The van der Waals surface area contributed by atoms with Crippen molar-refractivity contribution in [1.29, 1.82) is 0 Å². The molecule has 2 nitrogen and oxygen atoms in total. The Bertz CT molecular complexity index is 245. The van der Waals surface area contributed by atoms with Gasteiger partial charge in [-0.25, -0.2) is 0 Å². The number of ether oxygens (including phenoxy) is 1. The molecule has 5 heteroatoms. The first kappa shape index (κ1) is 15.8. The lowest BCUT2D eigenvalue weighted by molar-refractivity contribution is -0.182. The second-order valence-corrected chi connectivity index (χ2v) is 5.66. The fourth-order valence-corrected chi connectivity index (χ4v) is 2.46. The van der Waals surface area contributed by atoms with Crippen LogP contribution in [-0.4, -0.2) is 31.0 Å². The minimum atomic E-state index is -4.02. The monoisotopic (exact) mass is 267 g/mol. The van der Waals surface area contributed by atoms with Crippen molar-refractivity contribution in [2.45, 2.75) is 64.3 Å². The molecule has 1 fully saturated rings. The van der Waals surface area contributed by atoms with Crippen LogP contribution in [0.2, 0.25) is 0 Å². The molecule has 1 N–H and O–H groups in total. The zero-order valence-electron chi connectivity index (χ0n) is 11.4. The molecule has 0 heterocycles. The largest absolute Gasteiger partial charge is 0.391 e. The lowest BCUT2D eigenvalue weighted by Crippen LogP contribution is -2.44. The highest BCUT2D eigenvalue weighted by molar-refractivity contribution is 4.83. The van der Waals surface area contributed by atoms with Gasteiger partial charge in [0.25, 0.3) is 0 Å². The Morgan fingerprint density at radius 2 is 1.67 bits per heavy atom. The smallest absolute Gasteiger partial charge is 0.375 e. The predicted octanol–water partition coefficient (Wildman–Crippen LogP) is 3.51. The molecule has 0 unspecified atom stereocenters. The van der Waals surface area contributed by atoms with Crippen molar-refractivity contribution in [3.05, 3.63) is 0 Å². The first-order valence-electron chi connectivity index (χ1n) is 6.68. The Morgan fingerprint density at radius 1 is 1.11 bits per heavy atom. The predicted molar refractivity (Wildman–Crippen MR) is 65.5 cm³/mol. The Morgan fingerprint density at radius 3 is 2.11 bits per heavy atom. The third kappa shape index (κ3) is 5.14. The molecule has 18 heavy (non-hydrogen) atoms. The Labute approximate surface area is 107 Å². The molecular formula is C13H24F3NO. The Hall–Kier alpha value is -0.290. The van der Waals surface area contributed by atoms with Crippen LogP contribution in [0.3, 0.4) is 0 Å². The van der Waals surface area contributed by atoms with E-state index >= 15 is 0 Å². The second kappa shape index (κ2) is 6.24. The topological polar surface area (TPSA) is 21.3 Å². The van der Waals surface area contributed by atoms with Gasteiger partial charge >= 0.3 is 6.18 Å². The van der Waals surface area contributed by atoms with Gasteiger partial charge in [0.2, 0.25) is 0 Å². The van der Waals surface area contributed by atoms with Crippen molar-refractivity contribution in [2.24, 2.45) is 5.92 Å². The maximum absolute atomic E-state index is 12.5. The van der Waals surface area contributed by atoms with E-state index in [1.54, 1.807) is 0 Å². The number of hydrogen-bond acceptors (Lipinski definition) is 2. The van der Waals surface area contributed by atoms with Gasteiger partial charge in [0.15, 0.2) is 0 Å². The molecular weight excluding hydrogens is 243 g/mol. The molecule has 0 aromatic rings. The summed E-state index contributed by atoms with van der Waals surface area (Å²) in [5, 5.41) is 3.33. The van der Waals surface area contributed by atoms with Crippen LogP contribution in [0.4, 0.5) is 13.2 Å². The van der Waals surface area contributed by atoms with Gasteiger partial charge < -0.3 is 10.1 Å². The van der Waals surface area contributed by atoms with Crippen LogP contribution in [0.15, 0.2) is 0 Å². The molecule has 0 spiro atoms. The number of halogens is 3. The quantitative estimate of drug-likeness (QED) is 0.823. The van der Waals surface area contributed by atoms with Gasteiger partial charge in [0, 0.05) is 19.2 Å². The summed E-state index contributed by atoms with van der Waals surface area (Å²) in [6, 6.07) is 0.198. The highest BCUT2D eigenvalue weighted by Crippen LogP contribution is 2.37. The van der Waals surface area contributed by atoms with Crippen molar-refractivity contribution in [3.8, 4) is 0 Å². The highest BCUT2D eigenvalue weighted by atomic mass is 19.4. The van der Waals surface area contributed by atoms with E-state index in [0.717, 1.165) is 0 Å². The first-order chi connectivity index (χ1) is 8.24. The van der Waals surface area contributed by atoms with Crippen LogP contribution in [-0.2, 0) is 4.74 Å². The first-order valence-corrected chi connectivity index (χ1v) is 6.68. The Kier molecular flexibility index (Phi) is 5.46. The lowest BCUT2D eigenvalue weighted by atomic mass is 9.85. The molecule has 1 aliphatic rings. The van der Waals surface area contributed by atoms with Crippen LogP contribution in [0.25, 0.3) is 0 Å². The SMILES string of the molecule is CCOC(C)(C)CNC1CCC(C(F)(F)F)CC1. The lowest BCUT2D eigenvalue weighted by Gasteiger charge is -2.33. The summed E-state index contributed by atoms with van der Waals surface area (Å²) in [6.45, 7) is 7.25. The molecule has 0 aliphatic heterocycles. The van der Waals surface area contributed by atoms with Crippen LogP contribution >= 0.6 is 0 Å². The van der Waals surface area contributed by atoms with Crippen molar-refractivity contribution in [3.63, 3.8) is 0 Å². The highest BCUT2D eigenvalue weighted by Gasteiger charge is 2.41. The molecule has 0 aromatic carbocycles.